The SMILES string of the molecule is COc1ccc(S(=O)(=O)N(CC(=O)N(Cc2cccc(OC)c2)[C@@H](C)C(=O)NC(C)C)c2cccc(Cl)c2)cc1. The molecule has 214 valence electrons. The van der Waals surface area contributed by atoms with E-state index in [0.29, 0.717) is 22.1 Å². The van der Waals surface area contributed by atoms with Gasteiger partial charge in [-0.05, 0) is 80.9 Å². The normalized spacial score (nSPS) is 12.0. The predicted molar refractivity (Wildman–Crippen MR) is 155 cm³/mol. The van der Waals surface area contributed by atoms with Gasteiger partial charge in [0.05, 0.1) is 24.8 Å². The van der Waals surface area contributed by atoms with Gasteiger partial charge in [-0.15, -0.1) is 0 Å². The molecule has 3 aromatic rings. The summed E-state index contributed by atoms with van der Waals surface area (Å²) in [5.74, 6) is 0.135. The summed E-state index contributed by atoms with van der Waals surface area (Å²) in [5.41, 5.74) is 0.918. The molecule has 0 aliphatic heterocycles. The van der Waals surface area contributed by atoms with Gasteiger partial charge in [0.15, 0.2) is 0 Å². The first-order valence-corrected chi connectivity index (χ1v) is 14.4. The number of benzene rings is 3. The molecule has 0 aliphatic carbocycles. The van der Waals surface area contributed by atoms with Gasteiger partial charge in [-0.3, -0.25) is 13.9 Å². The Morgan fingerprint density at radius 1 is 0.900 bits per heavy atom. The lowest BCUT2D eigenvalue weighted by atomic mass is 10.1. The second-order valence-corrected chi connectivity index (χ2v) is 11.7. The highest BCUT2D eigenvalue weighted by Gasteiger charge is 2.33. The topological polar surface area (TPSA) is 105 Å². The minimum atomic E-state index is -4.22. The average Bonchev–Trinajstić information content (AvgIpc) is 2.93. The number of amides is 2. The van der Waals surface area contributed by atoms with Crippen LogP contribution in [0.4, 0.5) is 5.69 Å². The van der Waals surface area contributed by atoms with Gasteiger partial charge >= 0.3 is 0 Å². The first-order chi connectivity index (χ1) is 19.0. The van der Waals surface area contributed by atoms with E-state index in [1.807, 2.05) is 13.8 Å². The standard InChI is InChI=1S/C29H34ClN3O6S/c1-20(2)31-29(35)21(3)32(18-22-8-6-11-26(16-22)39-5)28(34)19-33(24-10-7-9-23(30)17-24)40(36,37)27-14-12-25(38-4)13-15-27/h6-17,20-21H,18-19H2,1-5H3,(H,31,35)/t21-/m0/s1. The summed E-state index contributed by atoms with van der Waals surface area (Å²) >= 11 is 6.20. The number of sulfonamides is 1. The van der Waals surface area contributed by atoms with Crippen molar-refractivity contribution in [3.05, 3.63) is 83.4 Å². The first-order valence-electron chi connectivity index (χ1n) is 12.6. The lowest BCUT2D eigenvalue weighted by Gasteiger charge is -2.32. The molecule has 9 nitrogen and oxygen atoms in total. The smallest absolute Gasteiger partial charge is 0.264 e. The lowest BCUT2D eigenvalue weighted by molar-refractivity contribution is -0.139. The molecule has 3 aromatic carbocycles. The molecule has 1 N–H and O–H groups in total. The van der Waals surface area contributed by atoms with E-state index in [0.717, 1.165) is 4.31 Å². The van der Waals surface area contributed by atoms with Gasteiger partial charge in [0.2, 0.25) is 11.8 Å². The van der Waals surface area contributed by atoms with Gasteiger partial charge in [0, 0.05) is 17.6 Å². The quantitative estimate of drug-likeness (QED) is 0.335. The Morgan fingerprint density at radius 2 is 1.55 bits per heavy atom. The zero-order chi connectivity index (χ0) is 29.4. The Balaban J connectivity index is 2.04. The number of nitrogens with one attached hydrogen (secondary N) is 1. The number of methoxy groups -OCH3 is 2. The van der Waals surface area contributed by atoms with E-state index in [2.05, 4.69) is 5.32 Å². The van der Waals surface area contributed by atoms with Crippen molar-refractivity contribution in [2.24, 2.45) is 0 Å². The highest BCUT2D eigenvalue weighted by molar-refractivity contribution is 7.92. The zero-order valence-electron chi connectivity index (χ0n) is 23.1. The fourth-order valence-corrected chi connectivity index (χ4v) is 5.58. The van der Waals surface area contributed by atoms with Crippen LogP contribution in [0, 0.1) is 0 Å². The fourth-order valence-electron chi connectivity index (χ4n) is 3.99. The number of ether oxygens (including phenoxy) is 2. The van der Waals surface area contributed by atoms with Gasteiger partial charge < -0.3 is 19.7 Å². The van der Waals surface area contributed by atoms with Crippen molar-refractivity contribution in [3.63, 3.8) is 0 Å². The predicted octanol–water partition coefficient (Wildman–Crippen LogP) is 4.49. The largest absolute Gasteiger partial charge is 0.497 e. The van der Waals surface area contributed by atoms with Crippen molar-refractivity contribution in [2.75, 3.05) is 25.1 Å². The highest BCUT2D eigenvalue weighted by Crippen LogP contribution is 2.28. The maximum Gasteiger partial charge on any atom is 0.264 e. The first kappa shape index (κ1) is 30.8. The molecule has 40 heavy (non-hydrogen) atoms. The molecule has 0 radical (unpaired) electrons. The number of carbonyl (C=O) groups excluding carboxylic acids is 2. The maximum atomic E-state index is 13.9. The molecule has 1 atom stereocenters. The van der Waals surface area contributed by atoms with Crippen LogP contribution in [-0.2, 0) is 26.2 Å². The van der Waals surface area contributed by atoms with Gasteiger partial charge in [-0.1, -0.05) is 29.8 Å². The summed E-state index contributed by atoms with van der Waals surface area (Å²) in [5, 5.41) is 3.13. The number of hydrogen-bond donors (Lipinski definition) is 1. The van der Waals surface area contributed by atoms with E-state index in [-0.39, 0.29) is 29.1 Å². The highest BCUT2D eigenvalue weighted by atomic mass is 35.5. The Bertz CT molecular complexity index is 1430. The molecule has 0 fully saturated rings. The number of carbonyl (C=O) groups is 2. The van der Waals surface area contributed by atoms with E-state index >= 15 is 0 Å². The maximum absolute atomic E-state index is 13.9. The van der Waals surface area contributed by atoms with Crippen LogP contribution in [0.1, 0.15) is 26.3 Å². The van der Waals surface area contributed by atoms with Gasteiger partial charge in [-0.2, -0.15) is 0 Å². The lowest BCUT2D eigenvalue weighted by Crippen LogP contribution is -2.52. The van der Waals surface area contributed by atoms with Gasteiger partial charge in [-0.25, -0.2) is 8.42 Å². The fraction of sp³-hybridized carbons (Fsp3) is 0.310. The van der Waals surface area contributed by atoms with E-state index in [1.54, 1.807) is 49.4 Å². The van der Waals surface area contributed by atoms with Crippen molar-refractivity contribution in [2.45, 2.75) is 44.3 Å². The summed E-state index contributed by atoms with van der Waals surface area (Å²) in [4.78, 5) is 28.3. The van der Waals surface area contributed by atoms with Crippen molar-refractivity contribution in [1.82, 2.24) is 10.2 Å². The molecular weight excluding hydrogens is 554 g/mol. The molecule has 0 heterocycles. The summed E-state index contributed by atoms with van der Waals surface area (Å²) < 4.78 is 39.2. The van der Waals surface area contributed by atoms with Gasteiger partial charge in [0.1, 0.15) is 24.1 Å². The minimum absolute atomic E-state index is 0.0361. The third-order valence-corrected chi connectivity index (χ3v) is 8.13. The average molecular weight is 588 g/mol. The van der Waals surface area contributed by atoms with Crippen LogP contribution in [0.15, 0.2) is 77.7 Å². The molecule has 0 spiro atoms. The molecule has 0 saturated carbocycles. The molecule has 2 amide bonds. The third kappa shape index (κ3) is 7.67. The van der Waals surface area contributed by atoms with Crippen molar-refractivity contribution < 1.29 is 27.5 Å². The number of anilines is 1. The molecule has 0 saturated heterocycles. The summed E-state index contributed by atoms with van der Waals surface area (Å²) in [6.45, 7) is 4.73. The van der Waals surface area contributed by atoms with Crippen LogP contribution in [-0.4, -0.2) is 58.0 Å². The molecule has 0 aliphatic rings. The monoisotopic (exact) mass is 587 g/mol. The van der Waals surface area contributed by atoms with E-state index in [9.17, 15) is 18.0 Å². The van der Waals surface area contributed by atoms with E-state index in [4.69, 9.17) is 21.1 Å². The number of rotatable bonds is 12. The van der Waals surface area contributed by atoms with Crippen LogP contribution >= 0.6 is 11.6 Å². The van der Waals surface area contributed by atoms with Crippen molar-refractivity contribution in [1.29, 1.82) is 0 Å². The Morgan fingerprint density at radius 3 is 2.15 bits per heavy atom. The second kappa shape index (κ2) is 13.5. The molecule has 0 aromatic heterocycles. The number of nitrogens with zero attached hydrogens (tertiary/aromatic N) is 2. The number of hydrogen-bond acceptors (Lipinski definition) is 6. The zero-order valence-corrected chi connectivity index (χ0v) is 24.7. The minimum Gasteiger partial charge on any atom is -0.497 e. The molecular formula is C29H34ClN3O6S. The van der Waals surface area contributed by atoms with Gasteiger partial charge in [0.25, 0.3) is 10.0 Å². The summed E-state index contributed by atoms with van der Waals surface area (Å²) in [7, 11) is -1.21. The summed E-state index contributed by atoms with van der Waals surface area (Å²) in [6.07, 6.45) is 0. The Hall–Kier alpha value is -3.76. The molecule has 0 bridgehead atoms. The molecule has 11 heteroatoms. The van der Waals surface area contributed by atoms with Crippen molar-refractivity contribution in [3.8, 4) is 11.5 Å². The van der Waals surface area contributed by atoms with E-state index < -0.39 is 28.5 Å². The van der Waals surface area contributed by atoms with Crippen LogP contribution < -0.4 is 19.1 Å². The van der Waals surface area contributed by atoms with Crippen molar-refractivity contribution >= 4 is 39.1 Å². The van der Waals surface area contributed by atoms with Crippen LogP contribution in [0.3, 0.4) is 0 Å². The third-order valence-electron chi connectivity index (χ3n) is 6.11. The second-order valence-electron chi connectivity index (χ2n) is 9.38. The molecule has 0 unspecified atom stereocenters. The Kier molecular flexibility index (Phi) is 10.4. The van der Waals surface area contributed by atoms with Crippen LogP contribution in [0.2, 0.25) is 5.02 Å². The van der Waals surface area contributed by atoms with Crippen LogP contribution in [0.25, 0.3) is 0 Å². The Labute approximate surface area is 240 Å². The molecule has 3 rings (SSSR count). The summed E-state index contributed by atoms with van der Waals surface area (Å²) in [6, 6.07) is 18.2. The number of halogens is 1. The van der Waals surface area contributed by atoms with E-state index in [1.165, 1.54) is 49.5 Å². The van der Waals surface area contributed by atoms with Crippen LogP contribution in [0.5, 0.6) is 11.5 Å².